The molecular formula is C10H14O4S. The van der Waals surface area contributed by atoms with Gasteiger partial charge in [-0.2, -0.15) is 8.42 Å². The highest BCUT2D eigenvalue weighted by atomic mass is 32.2. The van der Waals surface area contributed by atoms with E-state index in [0.717, 1.165) is 0 Å². The first-order valence-corrected chi connectivity index (χ1v) is 6.21. The van der Waals surface area contributed by atoms with Crippen molar-refractivity contribution >= 4 is 10.1 Å². The predicted octanol–water partition coefficient (Wildman–Crippen LogP) is 1.59. The fourth-order valence-electron chi connectivity index (χ4n) is 1.16. The zero-order valence-corrected chi connectivity index (χ0v) is 9.28. The molecule has 0 fully saturated rings. The Bertz CT molecular complexity index is 385. The lowest BCUT2D eigenvalue weighted by molar-refractivity contribution is 0.270. The Morgan fingerprint density at radius 2 is 1.93 bits per heavy atom. The zero-order chi connectivity index (χ0) is 11.3. The molecule has 0 aliphatic heterocycles. The molecule has 1 atom stereocenters. The molecule has 1 aromatic rings. The second kappa shape index (κ2) is 5.14. The molecule has 1 unspecified atom stereocenters. The third-order valence-electron chi connectivity index (χ3n) is 1.77. The van der Waals surface area contributed by atoms with E-state index in [1.165, 1.54) is 0 Å². The van der Waals surface area contributed by atoms with Crippen molar-refractivity contribution < 1.29 is 17.7 Å². The molecule has 0 heterocycles. The second-order valence-electron chi connectivity index (χ2n) is 3.48. The van der Waals surface area contributed by atoms with Crippen molar-refractivity contribution in [1.29, 1.82) is 0 Å². The van der Waals surface area contributed by atoms with E-state index in [2.05, 4.69) is 0 Å². The third kappa shape index (κ3) is 5.39. The fourth-order valence-corrected chi connectivity index (χ4v) is 1.98. The molecule has 0 saturated carbocycles. The quantitative estimate of drug-likeness (QED) is 0.780. The summed E-state index contributed by atoms with van der Waals surface area (Å²) in [6, 6.07) is 9.13. The van der Waals surface area contributed by atoms with Crippen LogP contribution in [0.2, 0.25) is 0 Å². The van der Waals surface area contributed by atoms with Gasteiger partial charge in [0.1, 0.15) is 5.75 Å². The van der Waals surface area contributed by atoms with Gasteiger partial charge >= 0.3 is 0 Å². The van der Waals surface area contributed by atoms with Crippen molar-refractivity contribution in [3.8, 4) is 5.75 Å². The molecule has 0 bridgehead atoms. The smallest absolute Gasteiger partial charge is 0.265 e. The van der Waals surface area contributed by atoms with E-state index >= 15 is 0 Å². The van der Waals surface area contributed by atoms with Gasteiger partial charge < -0.3 is 4.74 Å². The Labute approximate surface area is 89.6 Å². The van der Waals surface area contributed by atoms with Crippen LogP contribution in [0.25, 0.3) is 0 Å². The zero-order valence-electron chi connectivity index (χ0n) is 8.46. The van der Waals surface area contributed by atoms with Crippen molar-refractivity contribution in [3.63, 3.8) is 0 Å². The van der Waals surface area contributed by atoms with Crippen LogP contribution in [-0.4, -0.2) is 25.3 Å². The minimum atomic E-state index is -3.91. The summed E-state index contributed by atoms with van der Waals surface area (Å²) in [6.07, 6.45) is 0. The maximum absolute atomic E-state index is 10.6. The van der Waals surface area contributed by atoms with Crippen LogP contribution >= 0.6 is 0 Å². The lowest BCUT2D eigenvalue weighted by atomic mass is 10.2. The number of hydrogen-bond donors (Lipinski definition) is 1. The number of benzene rings is 1. The molecule has 0 aliphatic carbocycles. The topological polar surface area (TPSA) is 63.6 Å². The maximum atomic E-state index is 10.6. The molecule has 5 heteroatoms. The van der Waals surface area contributed by atoms with Crippen molar-refractivity contribution in [2.24, 2.45) is 5.92 Å². The van der Waals surface area contributed by atoms with E-state index in [1.54, 1.807) is 19.1 Å². The lowest BCUT2D eigenvalue weighted by Crippen LogP contribution is -2.18. The van der Waals surface area contributed by atoms with E-state index in [0.29, 0.717) is 5.75 Å². The monoisotopic (exact) mass is 230 g/mol. The molecule has 1 aromatic carbocycles. The Morgan fingerprint density at radius 1 is 1.33 bits per heavy atom. The van der Waals surface area contributed by atoms with Crippen LogP contribution in [0.3, 0.4) is 0 Å². The van der Waals surface area contributed by atoms with Crippen LogP contribution in [0.1, 0.15) is 6.92 Å². The van der Waals surface area contributed by atoms with Crippen molar-refractivity contribution in [1.82, 2.24) is 0 Å². The summed E-state index contributed by atoms with van der Waals surface area (Å²) in [5, 5.41) is 0. The van der Waals surface area contributed by atoms with Gasteiger partial charge in [0.2, 0.25) is 0 Å². The minimum Gasteiger partial charge on any atom is -0.493 e. The van der Waals surface area contributed by atoms with Crippen LogP contribution in [0, 0.1) is 5.92 Å². The highest BCUT2D eigenvalue weighted by Crippen LogP contribution is 2.10. The van der Waals surface area contributed by atoms with Gasteiger partial charge in [-0.3, -0.25) is 4.55 Å². The normalized spacial score (nSPS) is 13.5. The van der Waals surface area contributed by atoms with Gasteiger partial charge in [0.15, 0.2) is 0 Å². The third-order valence-corrected chi connectivity index (χ3v) is 2.76. The number of ether oxygens (including phenoxy) is 1. The molecule has 0 spiro atoms. The van der Waals surface area contributed by atoms with Gasteiger partial charge in [0.25, 0.3) is 10.1 Å². The molecule has 0 aliphatic rings. The molecule has 15 heavy (non-hydrogen) atoms. The second-order valence-corrected chi connectivity index (χ2v) is 4.97. The van der Waals surface area contributed by atoms with E-state index in [-0.39, 0.29) is 18.3 Å². The summed E-state index contributed by atoms with van der Waals surface area (Å²) in [6.45, 7) is 1.97. The molecule has 1 rings (SSSR count). The maximum Gasteiger partial charge on any atom is 0.265 e. The van der Waals surface area contributed by atoms with E-state index in [4.69, 9.17) is 9.29 Å². The van der Waals surface area contributed by atoms with Crippen LogP contribution in [-0.2, 0) is 10.1 Å². The van der Waals surface area contributed by atoms with Gasteiger partial charge in [-0.25, -0.2) is 0 Å². The SMILES string of the molecule is CC(COc1ccccc1)CS(=O)(=O)O. The Hall–Kier alpha value is -1.07. The van der Waals surface area contributed by atoms with Gasteiger partial charge in [-0.05, 0) is 12.1 Å². The van der Waals surface area contributed by atoms with Gasteiger partial charge in [-0.1, -0.05) is 25.1 Å². The van der Waals surface area contributed by atoms with Gasteiger partial charge in [0.05, 0.1) is 12.4 Å². The number of rotatable bonds is 5. The Kier molecular flexibility index (Phi) is 4.11. The molecule has 0 saturated heterocycles. The number of para-hydroxylation sites is 1. The van der Waals surface area contributed by atoms with Crippen LogP contribution in [0.15, 0.2) is 30.3 Å². The van der Waals surface area contributed by atoms with E-state index in [1.807, 2.05) is 18.2 Å². The van der Waals surface area contributed by atoms with Crippen LogP contribution in [0.4, 0.5) is 0 Å². The summed E-state index contributed by atoms with van der Waals surface area (Å²) in [4.78, 5) is 0. The first-order chi connectivity index (χ1) is 6.97. The molecule has 0 aromatic heterocycles. The van der Waals surface area contributed by atoms with Crippen molar-refractivity contribution in [2.75, 3.05) is 12.4 Å². The summed E-state index contributed by atoms with van der Waals surface area (Å²) in [5.74, 6) is 0.180. The first-order valence-electron chi connectivity index (χ1n) is 4.60. The highest BCUT2D eigenvalue weighted by Gasteiger charge is 2.12. The van der Waals surface area contributed by atoms with Crippen LogP contribution in [0.5, 0.6) is 5.75 Å². The van der Waals surface area contributed by atoms with Gasteiger partial charge in [-0.15, -0.1) is 0 Å². The Balaban J connectivity index is 2.38. The average Bonchev–Trinajstić information content (AvgIpc) is 2.14. The molecule has 0 radical (unpaired) electrons. The molecule has 1 N–H and O–H groups in total. The standard InChI is InChI=1S/C10H14O4S/c1-9(8-15(11,12)13)7-14-10-5-3-2-4-6-10/h2-6,9H,7-8H2,1H3,(H,11,12,13). The largest absolute Gasteiger partial charge is 0.493 e. The predicted molar refractivity (Wildman–Crippen MR) is 57.5 cm³/mol. The van der Waals surface area contributed by atoms with E-state index in [9.17, 15) is 8.42 Å². The average molecular weight is 230 g/mol. The summed E-state index contributed by atoms with van der Waals surface area (Å²) in [7, 11) is -3.91. The van der Waals surface area contributed by atoms with Crippen LogP contribution < -0.4 is 4.74 Å². The fraction of sp³-hybridized carbons (Fsp3) is 0.400. The molecule has 0 amide bonds. The Morgan fingerprint density at radius 3 is 2.47 bits per heavy atom. The highest BCUT2D eigenvalue weighted by molar-refractivity contribution is 7.85. The minimum absolute atomic E-state index is 0.236. The van der Waals surface area contributed by atoms with E-state index < -0.39 is 10.1 Å². The summed E-state index contributed by atoms with van der Waals surface area (Å²) >= 11 is 0. The molecular weight excluding hydrogens is 216 g/mol. The molecule has 84 valence electrons. The molecule has 4 nitrogen and oxygen atoms in total. The number of hydrogen-bond acceptors (Lipinski definition) is 3. The van der Waals surface area contributed by atoms with Crippen molar-refractivity contribution in [3.05, 3.63) is 30.3 Å². The summed E-state index contributed by atoms with van der Waals surface area (Å²) < 4.78 is 35.0. The lowest BCUT2D eigenvalue weighted by Gasteiger charge is -2.11. The summed E-state index contributed by atoms with van der Waals surface area (Å²) in [5.41, 5.74) is 0. The van der Waals surface area contributed by atoms with Crippen molar-refractivity contribution in [2.45, 2.75) is 6.92 Å². The van der Waals surface area contributed by atoms with Gasteiger partial charge in [0, 0.05) is 5.92 Å². The first kappa shape index (κ1) is 12.0.